The monoisotopic (exact) mass is 365 g/mol. The molecule has 0 unspecified atom stereocenters. The number of nitriles is 1. The Kier molecular flexibility index (Phi) is 5.66. The Morgan fingerprint density at radius 3 is 2.75 bits per heavy atom. The maximum Gasteiger partial charge on any atom is 0.346 e. The molecule has 126 valence electrons. The van der Waals surface area contributed by atoms with Crippen molar-refractivity contribution in [1.29, 1.82) is 5.26 Å². The minimum Gasteiger partial charge on any atom is -0.477 e. The maximum atomic E-state index is 12.8. The number of nitrogens with zero attached hydrogens (tertiary/aromatic N) is 3. The van der Waals surface area contributed by atoms with Crippen molar-refractivity contribution in [3.8, 4) is 6.07 Å². The number of aryl methyl sites for hydroxylation is 1. The number of carbonyl (C=O) groups is 1. The number of pyridine rings is 1. The van der Waals surface area contributed by atoms with E-state index in [-0.39, 0.29) is 28.6 Å². The van der Waals surface area contributed by atoms with Gasteiger partial charge in [-0.3, -0.25) is 4.98 Å². The Morgan fingerprint density at radius 1 is 1.46 bits per heavy atom. The summed E-state index contributed by atoms with van der Waals surface area (Å²) in [5.41, 5.74) is 0.940. The normalized spacial score (nSPS) is 11.4. The van der Waals surface area contributed by atoms with Crippen LogP contribution in [0.3, 0.4) is 0 Å². The van der Waals surface area contributed by atoms with Crippen LogP contribution in [0.25, 0.3) is 0 Å². The van der Waals surface area contributed by atoms with E-state index in [1.807, 2.05) is 6.07 Å². The molecular formula is C15H15N3O4S2. The van der Waals surface area contributed by atoms with Gasteiger partial charge in [-0.15, -0.1) is 11.3 Å². The molecule has 1 N–H and O–H groups in total. The van der Waals surface area contributed by atoms with Crippen LogP contribution >= 0.6 is 11.3 Å². The quantitative estimate of drug-likeness (QED) is 0.805. The molecule has 2 rings (SSSR count). The lowest BCUT2D eigenvalue weighted by Gasteiger charge is -2.19. The molecule has 2 heterocycles. The van der Waals surface area contributed by atoms with Crippen molar-refractivity contribution in [2.24, 2.45) is 0 Å². The van der Waals surface area contributed by atoms with Crippen molar-refractivity contribution < 1.29 is 18.3 Å². The van der Waals surface area contributed by atoms with Gasteiger partial charge in [0.1, 0.15) is 9.09 Å². The Hall–Kier alpha value is -2.28. The average Bonchev–Trinajstić information content (AvgIpc) is 2.95. The van der Waals surface area contributed by atoms with E-state index in [0.717, 1.165) is 4.31 Å². The van der Waals surface area contributed by atoms with E-state index in [9.17, 15) is 13.2 Å². The summed E-state index contributed by atoms with van der Waals surface area (Å²) in [4.78, 5) is 15.2. The Bertz CT molecular complexity index is 870. The first-order valence-electron chi connectivity index (χ1n) is 6.97. The summed E-state index contributed by atoms with van der Waals surface area (Å²) in [7, 11) is -3.91. The lowest BCUT2D eigenvalue weighted by molar-refractivity contribution is 0.0701. The molecule has 7 nitrogen and oxygen atoms in total. The summed E-state index contributed by atoms with van der Waals surface area (Å²) in [5.74, 6) is -1.16. The minimum absolute atomic E-state index is 0.00774. The number of sulfonamides is 1. The minimum atomic E-state index is -3.91. The summed E-state index contributed by atoms with van der Waals surface area (Å²) in [6, 6.07) is 8.43. The molecule has 0 spiro atoms. The van der Waals surface area contributed by atoms with Crippen molar-refractivity contribution in [3.63, 3.8) is 0 Å². The summed E-state index contributed by atoms with van der Waals surface area (Å²) >= 11 is 0.714. The second-order valence-electron chi connectivity index (χ2n) is 4.95. The third-order valence-electron chi connectivity index (χ3n) is 3.22. The molecule has 0 radical (unpaired) electrons. The first-order valence-corrected chi connectivity index (χ1v) is 9.22. The fraction of sp³-hybridized carbons (Fsp3) is 0.267. The fourth-order valence-corrected chi connectivity index (χ4v) is 5.00. The van der Waals surface area contributed by atoms with Crippen LogP contribution in [0.1, 0.15) is 27.3 Å². The number of hydrogen-bond acceptors (Lipinski definition) is 6. The zero-order valence-electron chi connectivity index (χ0n) is 12.8. The summed E-state index contributed by atoms with van der Waals surface area (Å²) in [5, 5.41) is 17.9. The number of aromatic carboxylic acids is 1. The molecule has 0 aliphatic heterocycles. The maximum absolute atomic E-state index is 12.8. The van der Waals surface area contributed by atoms with Crippen LogP contribution in [-0.4, -0.2) is 35.3 Å². The number of rotatable bonds is 7. The topological polar surface area (TPSA) is 111 Å². The van der Waals surface area contributed by atoms with Crippen LogP contribution in [0.4, 0.5) is 0 Å². The van der Waals surface area contributed by atoms with Gasteiger partial charge >= 0.3 is 5.97 Å². The molecule has 2 aromatic heterocycles. The zero-order chi connectivity index (χ0) is 17.7. The summed E-state index contributed by atoms with van der Waals surface area (Å²) in [6.45, 7) is 1.58. The lowest BCUT2D eigenvalue weighted by Crippen LogP contribution is -2.31. The molecule has 0 saturated carbocycles. The highest BCUT2D eigenvalue weighted by atomic mass is 32.2. The van der Waals surface area contributed by atoms with Gasteiger partial charge in [0, 0.05) is 19.2 Å². The van der Waals surface area contributed by atoms with Crippen LogP contribution in [0.15, 0.2) is 34.7 Å². The Morgan fingerprint density at radius 2 is 2.21 bits per heavy atom. The van der Waals surface area contributed by atoms with Gasteiger partial charge in [0.05, 0.1) is 18.3 Å². The van der Waals surface area contributed by atoms with Crippen molar-refractivity contribution >= 4 is 27.3 Å². The third kappa shape index (κ3) is 3.97. The van der Waals surface area contributed by atoms with E-state index < -0.39 is 16.0 Å². The van der Waals surface area contributed by atoms with Crippen LogP contribution in [0.2, 0.25) is 0 Å². The molecule has 0 saturated heterocycles. The number of hydrogen-bond donors (Lipinski definition) is 1. The second kappa shape index (κ2) is 7.53. The predicted molar refractivity (Wildman–Crippen MR) is 88.1 cm³/mol. The average molecular weight is 365 g/mol. The Labute approximate surface area is 143 Å². The largest absolute Gasteiger partial charge is 0.477 e. The molecule has 0 aromatic carbocycles. The molecule has 24 heavy (non-hydrogen) atoms. The SMILES string of the molecule is Cc1cc(S(=O)(=O)N(CCC#N)Cc2ccccn2)sc1C(=O)O. The molecule has 0 aliphatic rings. The summed E-state index contributed by atoms with van der Waals surface area (Å²) < 4.78 is 26.8. The van der Waals surface area contributed by atoms with E-state index in [4.69, 9.17) is 10.4 Å². The number of thiophene rings is 1. The van der Waals surface area contributed by atoms with E-state index in [0.29, 0.717) is 22.6 Å². The van der Waals surface area contributed by atoms with Crippen molar-refractivity contribution in [2.45, 2.75) is 24.1 Å². The molecule has 9 heteroatoms. The second-order valence-corrected chi connectivity index (χ2v) is 8.17. The third-order valence-corrected chi connectivity index (χ3v) is 6.74. The van der Waals surface area contributed by atoms with Gasteiger partial charge in [0.15, 0.2) is 0 Å². The van der Waals surface area contributed by atoms with Crippen LogP contribution in [0, 0.1) is 18.3 Å². The van der Waals surface area contributed by atoms with Crippen LogP contribution in [-0.2, 0) is 16.6 Å². The Balaban J connectivity index is 2.38. The number of carboxylic acids is 1. The molecule has 0 amide bonds. The van der Waals surface area contributed by atoms with E-state index >= 15 is 0 Å². The molecule has 0 fully saturated rings. The van der Waals surface area contributed by atoms with Gasteiger partial charge in [-0.25, -0.2) is 13.2 Å². The van der Waals surface area contributed by atoms with Crippen molar-refractivity contribution in [3.05, 3.63) is 46.6 Å². The number of aromatic nitrogens is 1. The molecule has 0 bridgehead atoms. The van der Waals surface area contributed by atoms with Gasteiger partial charge < -0.3 is 5.11 Å². The zero-order valence-corrected chi connectivity index (χ0v) is 14.5. The molecule has 0 atom stereocenters. The smallest absolute Gasteiger partial charge is 0.346 e. The van der Waals surface area contributed by atoms with Gasteiger partial charge in [-0.2, -0.15) is 9.57 Å². The van der Waals surface area contributed by atoms with Gasteiger partial charge in [0.2, 0.25) is 0 Å². The fourth-order valence-electron chi connectivity index (χ4n) is 2.05. The molecule has 2 aromatic rings. The van der Waals surface area contributed by atoms with Crippen molar-refractivity contribution in [2.75, 3.05) is 6.54 Å². The highest BCUT2D eigenvalue weighted by molar-refractivity contribution is 7.91. The number of carboxylic acid groups (broad SMARTS) is 1. The van der Waals surface area contributed by atoms with Gasteiger partial charge in [0.25, 0.3) is 10.0 Å². The molecule has 0 aliphatic carbocycles. The van der Waals surface area contributed by atoms with Crippen molar-refractivity contribution in [1.82, 2.24) is 9.29 Å². The lowest BCUT2D eigenvalue weighted by atomic mass is 10.3. The van der Waals surface area contributed by atoms with E-state index in [1.54, 1.807) is 31.3 Å². The first-order chi connectivity index (χ1) is 11.4. The van der Waals surface area contributed by atoms with E-state index in [2.05, 4.69) is 4.98 Å². The van der Waals surface area contributed by atoms with Crippen LogP contribution < -0.4 is 0 Å². The summed E-state index contributed by atoms with van der Waals surface area (Å²) in [6.07, 6.45) is 1.59. The standard InChI is InChI=1S/C15H15N3O4S2/c1-11-9-13(23-14(11)15(19)20)24(21,22)18(8-4-6-16)10-12-5-2-3-7-17-12/h2-3,5,7,9H,4,8,10H2,1H3,(H,19,20). The predicted octanol–water partition coefficient (Wildman–Crippen LogP) is 2.25. The highest BCUT2D eigenvalue weighted by Crippen LogP contribution is 2.29. The van der Waals surface area contributed by atoms with Crippen LogP contribution in [0.5, 0.6) is 0 Å². The highest BCUT2D eigenvalue weighted by Gasteiger charge is 2.28. The van der Waals surface area contributed by atoms with E-state index in [1.165, 1.54) is 6.07 Å². The first kappa shape index (κ1) is 18.1. The molecular weight excluding hydrogens is 350 g/mol. The van der Waals surface area contributed by atoms with Gasteiger partial charge in [-0.05, 0) is 30.7 Å². The van der Waals surface area contributed by atoms with Gasteiger partial charge in [-0.1, -0.05) is 6.07 Å².